The van der Waals surface area contributed by atoms with Crippen LogP contribution in [0, 0.1) is 0 Å². The first kappa shape index (κ1) is 23.1. The smallest absolute Gasteiger partial charge is 0.135 e. The summed E-state index contributed by atoms with van der Waals surface area (Å²) in [5.74, 6) is 1.73. The van der Waals surface area contributed by atoms with Crippen molar-refractivity contribution in [1.29, 1.82) is 0 Å². The van der Waals surface area contributed by atoms with Crippen molar-refractivity contribution in [3.05, 3.63) is 152 Å². The van der Waals surface area contributed by atoms with Gasteiger partial charge in [0, 0.05) is 27.8 Å². The molecule has 0 aromatic heterocycles. The van der Waals surface area contributed by atoms with Crippen LogP contribution in [0.5, 0.6) is 11.5 Å². The van der Waals surface area contributed by atoms with Gasteiger partial charge in [-0.2, -0.15) is 0 Å². The molecule has 0 saturated heterocycles. The maximum absolute atomic E-state index is 6.39. The second-order valence-electron chi connectivity index (χ2n) is 10.9. The summed E-state index contributed by atoms with van der Waals surface area (Å²) in [5, 5.41) is 7.55. The predicted octanol–water partition coefficient (Wildman–Crippen LogP) is 11.5. The van der Waals surface area contributed by atoms with Crippen LogP contribution in [0.2, 0.25) is 0 Å². The molecule has 0 radical (unpaired) electrons. The molecule has 0 bridgehead atoms. The number of para-hydroxylation sites is 3. The first-order chi connectivity index (χ1) is 20.8. The second kappa shape index (κ2) is 8.95. The molecule has 0 fully saturated rings. The molecule has 9 rings (SSSR count). The van der Waals surface area contributed by atoms with E-state index in [1.807, 2.05) is 30.3 Å². The van der Waals surface area contributed by atoms with Crippen molar-refractivity contribution in [2.45, 2.75) is 0 Å². The number of rotatable bonds is 5. The van der Waals surface area contributed by atoms with Crippen molar-refractivity contribution in [3.63, 3.8) is 0 Å². The molecular weight excluding hydrogens is 510 g/mol. The summed E-state index contributed by atoms with van der Waals surface area (Å²) in [4.78, 5) is 2.34. The van der Waals surface area contributed by atoms with Crippen LogP contribution in [0.3, 0.4) is 0 Å². The standard InChI is InChI=1S/C40H25NO/c1-4-10-28(11-5-1)41(29-12-6-2-7-13-29)30-19-22-32-33-20-16-26-17-21-34-37(42-31-14-8-3-9-15-31)23-18-27-24-36(35(32)25-30)40(33)39(26)38(27)34/h1-25H. The number of hydrogen-bond acceptors (Lipinski definition) is 2. The first-order valence-electron chi connectivity index (χ1n) is 14.4. The average Bonchev–Trinajstić information content (AvgIpc) is 3.37. The van der Waals surface area contributed by atoms with Crippen LogP contribution in [0.4, 0.5) is 17.1 Å². The van der Waals surface area contributed by atoms with E-state index in [2.05, 4.69) is 126 Å². The van der Waals surface area contributed by atoms with E-state index in [0.29, 0.717) is 0 Å². The fourth-order valence-corrected chi connectivity index (χ4v) is 6.76. The normalized spacial score (nSPS) is 11.8. The van der Waals surface area contributed by atoms with Gasteiger partial charge in [0.05, 0.1) is 0 Å². The zero-order valence-corrected chi connectivity index (χ0v) is 22.8. The Hall–Kier alpha value is -5.60. The fourth-order valence-electron chi connectivity index (χ4n) is 6.76. The maximum atomic E-state index is 6.39. The summed E-state index contributed by atoms with van der Waals surface area (Å²) in [6.07, 6.45) is 0. The van der Waals surface area contributed by atoms with E-state index in [1.165, 1.54) is 49.2 Å². The van der Waals surface area contributed by atoms with Gasteiger partial charge in [-0.1, -0.05) is 84.9 Å². The Morgan fingerprint density at radius 1 is 0.381 bits per heavy atom. The highest BCUT2D eigenvalue weighted by Crippen LogP contribution is 2.53. The van der Waals surface area contributed by atoms with Gasteiger partial charge in [-0.15, -0.1) is 0 Å². The third kappa shape index (κ3) is 3.39. The van der Waals surface area contributed by atoms with Crippen molar-refractivity contribution in [3.8, 4) is 33.8 Å². The molecule has 0 unspecified atom stereocenters. The zero-order chi connectivity index (χ0) is 27.6. The topological polar surface area (TPSA) is 12.5 Å². The molecule has 0 atom stereocenters. The number of hydrogen-bond donors (Lipinski definition) is 0. The van der Waals surface area contributed by atoms with Crippen LogP contribution in [0.25, 0.3) is 54.6 Å². The van der Waals surface area contributed by atoms with Crippen LogP contribution in [-0.4, -0.2) is 0 Å². The molecule has 1 aliphatic carbocycles. The molecule has 2 heteroatoms. The Morgan fingerprint density at radius 3 is 1.76 bits per heavy atom. The van der Waals surface area contributed by atoms with Crippen LogP contribution in [0.15, 0.2) is 152 Å². The summed E-state index contributed by atoms with van der Waals surface area (Å²) < 4.78 is 6.39. The third-order valence-corrected chi connectivity index (χ3v) is 8.57. The van der Waals surface area contributed by atoms with Crippen molar-refractivity contribution >= 4 is 49.4 Å². The van der Waals surface area contributed by atoms with Crippen LogP contribution in [0.1, 0.15) is 0 Å². The molecule has 8 aromatic carbocycles. The Morgan fingerprint density at radius 2 is 1.02 bits per heavy atom. The van der Waals surface area contributed by atoms with E-state index in [4.69, 9.17) is 4.74 Å². The van der Waals surface area contributed by atoms with Crippen LogP contribution in [-0.2, 0) is 0 Å². The predicted molar refractivity (Wildman–Crippen MR) is 176 cm³/mol. The largest absolute Gasteiger partial charge is 0.457 e. The molecule has 0 spiro atoms. The van der Waals surface area contributed by atoms with Gasteiger partial charge in [-0.3, -0.25) is 0 Å². The molecule has 1 aliphatic rings. The van der Waals surface area contributed by atoms with Gasteiger partial charge in [-0.25, -0.2) is 0 Å². The van der Waals surface area contributed by atoms with E-state index in [0.717, 1.165) is 33.9 Å². The first-order valence-corrected chi connectivity index (χ1v) is 14.4. The van der Waals surface area contributed by atoms with E-state index < -0.39 is 0 Å². The molecule has 8 aromatic rings. The van der Waals surface area contributed by atoms with E-state index in [9.17, 15) is 0 Å². The van der Waals surface area contributed by atoms with Crippen molar-refractivity contribution in [2.24, 2.45) is 0 Å². The summed E-state index contributed by atoms with van der Waals surface area (Å²) in [6, 6.07) is 53.9. The van der Waals surface area contributed by atoms with E-state index in [1.54, 1.807) is 0 Å². The lowest BCUT2D eigenvalue weighted by Gasteiger charge is -2.26. The lowest BCUT2D eigenvalue weighted by atomic mass is 9.90. The van der Waals surface area contributed by atoms with Crippen molar-refractivity contribution < 1.29 is 4.74 Å². The minimum Gasteiger partial charge on any atom is -0.457 e. The quantitative estimate of drug-likeness (QED) is 0.203. The highest BCUT2D eigenvalue weighted by Gasteiger charge is 2.26. The lowest BCUT2D eigenvalue weighted by Crippen LogP contribution is -2.09. The molecule has 42 heavy (non-hydrogen) atoms. The molecule has 0 heterocycles. The van der Waals surface area contributed by atoms with Gasteiger partial charge < -0.3 is 9.64 Å². The number of ether oxygens (including phenoxy) is 1. The summed E-state index contributed by atoms with van der Waals surface area (Å²) in [7, 11) is 0. The van der Waals surface area contributed by atoms with Crippen LogP contribution < -0.4 is 9.64 Å². The lowest BCUT2D eigenvalue weighted by molar-refractivity contribution is 0.488. The summed E-state index contributed by atoms with van der Waals surface area (Å²) >= 11 is 0. The molecule has 0 N–H and O–H groups in total. The third-order valence-electron chi connectivity index (χ3n) is 8.57. The second-order valence-corrected chi connectivity index (χ2v) is 10.9. The maximum Gasteiger partial charge on any atom is 0.135 e. The molecule has 0 saturated carbocycles. The highest BCUT2D eigenvalue weighted by atomic mass is 16.5. The fraction of sp³-hybridized carbons (Fsp3) is 0. The molecule has 0 aliphatic heterocycles. The molecule has 2 nitrogen and oxygen atoms in total. The van der Waals surface area contributed by atoms with Gasteiger partial charge >= 0.3 is 0 Å². The Bertz CT molecular complexity index is 2220. The number of benzene rings is 8. The Kier molecular flexibility index (Phi) is 4.93. The minimum absolute atomic E-state index is 0.847. The molecule has 196 valence electrons. The number of fused-ring (bicyclic) bond motifs is 3. The Balaban J connectivity index is 1.27. The number of anilines is 3. The van der Waals surface area contributed by atoms with Gasteiger partial charge in [0.1, 0.15) is 11.5 Å². The zero-order valence-electron chi connectivity index (χ0n) is 22.8. The summed E-state index contributed by atoms with van der Waals surface area (Å²) in [6.45, 7) is 0. The SMILES string of the molecule is c1ccc(Oc2ccc3cc4c5c(ccc6ccc2c3c65)-c2ccc(N(c3ccccc3)c3ccccc3)cc2-4)cc1. The van der Waals surface area contributed by atoms with E-state index in [-0.39, 0.29) is 0 Å². The molecule has 0 amide bonds. The monoisotopic (exact) mass is 535 g/mol. The summed E-state index contributed by atoms with van der Waals surface area (Å²) in [5.41, 5.74) is 8.58. The van der Waals surface area contributed by atoms with Crippen molar-refractivity contribution in [2.75, 3.05) is 4.90 Å². The average molecular weight is 536 g/mol. The highest BCUT2D eigenvalue weighted by molar-refractivity contribution is 6.32. The van der Waals surface area contributed by atoms with Gasteiger partial charge in [-0.05, 0) is 111 Å². The number of nitrogens with zero attached hydrogens (tertiary/aromatic N) is 1. The van der Waals surface area contributed by atoms with Crippen molar-refractivity contribution in [1.82, 2.24) is 0 Å². The van der Waals surface area contributed by atoms with Gasteiger partial charge in [0.15, 0.2) is 0 Å². The Labute approximate surface area is 244 Å². The van der Waals surface area contributed by atoms with Gasteiger partial charge in [0.25, 0.3) is 0 Å². The van der Waals surface area contributed by atoms with E-state index >= 15 is 0 Å². The van der Waals surface area contributed by atoms with Gasteiger partial charge in [0.2, 0.25) is 0 Å². The van der Waals surface area contributed by atoms with Crippen LogP contribution >= 0.6 is 0 Å². The minimum atomic E-state index is 0.847. The molecular formula is C40H25NO.